The fourth-order valence-electron chi connectivity index (χ4n) is 2.90. The molecule has 27 heavy (non-hydrogen) atoms. The molecule has 2 aromatic heterocycles. The van der Waals surface area contributed by atoms with Crippen molar-refractivity contribution >= 4 is 16.9 Å². The van der Waals surface area contributed by atoms with Gasteiger partial charge in [0.25, 0.3) is 11.2 Å². The van der Waals surface area contributed by atoms with Gasteiger partial charge in [-0.05, 0) is 11.6 Å². The van der Waals surface area contributed by atoms with Crippen LogP contribution in [0.25, 0.3) is 16.9 Å². The van der Waals surface area contributed by atoms with Crippen LogP contribution in [0.4, 0.5) is 5.69 Å². The van der Waals surface area contributed by atoms with E-state index in [2.05, 4.69) is 15.0 Å². The van der Waals surface area contributed by atoms with Crippen LogP contribution in [0.5, 0.6) is 0 Å². The van der Waals surface area contributed by atoms with Crippen molar-refractivity contribution in [2.24, 2.45) is 0 Å². The van der Waals surface area contributed by atoms with E-state index in [1.165, 1.54) is 24.3 Å². The van der Waals surface area contributed by atoms with Gasteiger partial charge in [-0.1, -0.05) is 36.4 Å². The van der Waals surface area contributed by atoms with E-state index in [4.69, 9.17) is 0 Å². The van der Waals surface area contributed by atoms with E-state index in [-0.39, 0.29) is 22.5 Å². The monoisotopic (exact) mass is 363 g/mol. The van der Waals surface area contributed by atoms with Crippen LogP contribution in [0.1, 0.15) is 11.4 Å². The number of nitrogens with one attached hydrogen (secondary N) is 2. The number of H-pyrrole nitrogens is 2. The number of fused-ring (bicyclic) bond motifs is 1. The number of aromatic nitrogens is 4. The Hall–Kier alpha value is -4.01. The van der Waals surface area contributed by atoms with Crippen LogP contribution in [0, 0.1) is 10.1 Å². The van der Waals surface area contributed by atoms with Crippen molar-refractivity contribution in [3.8, 4) is 5.69 Å². The van der Waals surface area contributed by atoms with Crippen molar-refractivity contribution in [1.29, 1.82) is 0 Å². The highest BCUT2D eigenvalue weighted by atomic mass is 16.6. The summed E-state index contributed by atoms with van der Waals surface area (Å²) in [7, 11) is 0. The number of hydrogen-bond donors (Lipinski definition) is 2. The third-order valence-corrected chi connectivity index (χ3v) is 4.11. The first-order valence-corrected chi connectivity index (χ1v) is 8.05. The summed E-state index contributed by atoms with van der Waals surface area (Å²) in [5.41, 5.74) is 0.000652. The number of benzene rings is 2. The molecule has 0 unspecified atom stereocenters. The lowest BCUT2D eigenvalue weighted by atomic mass is 10.1. The molecule has 0 radical (unpaired) electrons. The topological polar surface area (TPSA) is 127 Å². The average Bonchev–Trinajstić information content (AvgIpc) is 3.06. The molecule has 0 aliphatic carbocycles. The van der Waals surface area contributed by atoms with Crippen molar-refractivity contribution in [3.05, 3.63) is 96.9 Å². The molecule has 9 nitrogen and oxygen atoms in total. The summed E-state index contributed by atoms with van der Waals surface area (Å²) < 4.78 is 1.15. The van der Waals surface area contributed by atoms with Gasteiger partial charge in [-0.2, -0.15) is 0 Å². The summed E-state index contributed by atoms with van der Waals surface area (Å²) in [5, 5.41) is 11.0. The maximum Gasteiger partial charge on any atom is 0.334 e. The molecule has 0 fully saturated rings. The van der Waals surface area contributed by atoms with Gasteiger partial charge in [0, 0.05) is 18.6 Å². The quantitative estimate of drug-likeness (QED) is 0.423. The molecule has 0 bridgehead atoms. The zero-order chi connectivity index (χ0) is 19.0. The van der Waals surface area contributed by atoms with Crippen molar-refractivity contribution in [1.82, 2.24) is 19.5 Å². The SMILES string of the molecule is O=c1[nH]c(=O)n(-c2cccc([N+](=O)[O-])c2)c2nc(Cc3ccccc3)[nH]c12. The highest BCUT2D eigenvalue weighted by Crippen LogP contribution is 2.18. The molecule has 2 N–H and O–H groups in total. The molecule has 0 aliphatic rings. The van der Waals surface area contributed by atoms with E-state index in [1.807, 2.05) is 30.3 Å². The molecule has 0 amide bonds. The Morgan fingerprint density at radius 2 is 1.81 bits per heavy atom. The number of imidazole rings is 1. The molecule has 4 rings (SSSR count). The number of hydrogen-bond acceptors (Lipinski definition) is 5. The Balaban J connectivity index is 1.91. The molecule has 0 aliphatic heterocycles. The number of nitro groups is 1. The zero-order valence-corrected chi connectivity index (χ0v) is 13.9. The summed E-state index contributed by atoms with van der Waals surface area (Å²) in [5.74, 6) is 0.506. The van der Waals surface area contributed by atoms with E-state index in [0.717, 1.165) is 10.1 Å². The summed E-state index contributed by atoms with van der Waals surface area (Å²) in [6.07, 6.45) is 0.443. The molecular weight excluding hydrogens is 350 g/mol. The average molecular weight is 363 g/mol. The van der Waals surface area contributed by atoms with Gasteiger partial charge in [-0.3, -0.25) is 19.9 Å². The van der Waals surface area contributed by atoms with Crippen LogP contribution in [0.3, 0.4) is 0 Å². The molecule has 0 saturated carbocycles. The molecule has 2 aromatic carbocycles. The Morgan fingerprint density at radius 3 is 2.56 bits per heavy atom. The minimum atomic E-state index is -0.717. The summed E-state index contributed by atoms with van der Waals surface area (Å²) in [6.45, 7) is 0. The summed E-state index contributed by atoms with van der Waals surface area (Å²) >= 11 is 0. The van der Waals surface area contributed by atoms with Gasteiger partial charge in [0.15, 0.2) is 5.65 Å². The fraction of sp³-hybridized carbons (Fsp3) is 0.0556. The normalized spacial score (nSPS) is 11.0. The maximum atomic E-state index is 12.4. The Morgan fingerprint density at radius 1 is 1.04 bits per heavy atom. The molecule has 0 atom stereocenters. The van der Waals surface area contributed by atoms with Gasteiger partial charge in [-0.25, -0.2) is 14.3 Å². The van der Waals surface area contributed by atoms with Crippen LogP contribution in [-0.4, -0.2) is 24.4 Å². The van der Waals surface area contributed by atoms with Gasteiger partial charge >= 0.3 is 5.69 Å². The number of aromatic amines is 2. The van der Waals surface area contributed by atoms with Crippen molar-refractivity contribution < 1.29 is 4.92 Å². The fourth-order valence-corrected chi connectivity index (χ4v) is 2.90. The van der Waals surface area contributed by atoms with Gasteiger partial charge in [0.1, 0.15) is 11.3 Å². The highest BCUT2D eigenvalue weighted by molar-refractivity contribution is 5.72. The van der Waals surface area contributed by atoms with Crippen LogP contribution >= 0.6 is 0 Å². The minimum absolute atomic E-state index is 0.121. The second kappa shape index (κ2) is 6.37. The lowest BCUT2D eigenvalue weighted by molar-refractivity contribution is -0.384. The van der Waals surface area contributed by atoms with Crippen molar-refractivity contribution in [3.63, 3.8) is 0 Å². The van der Waals surface area contributed by atoms with Crippen molar-refractivity contribution in [2.45, 2.75) is 6.42 Å². The molecule has 0 saturated heterocycles. The van der Waals surface area contributed by atoms with Crippen LogP contribution < -0.4 is 11.2 Å². The predicted molar refractivity (Wildman–Crippen MR) is 98.2 cm³/mol. The minimum Gasteiger partial charge on any atom is -0.336 e. The molecule has 4 aromatic rings. The lowest BCUT2D eigenvalue weighted by Gasteiger charge is -2.05. The second-order valence-corrected chi connectivity index (χ2v) is 5.92. The Kier molecular flexibility index (Phi) is 3.88. The van der Waals surface area contributed by atoms with Gasteiger partial charge < -0.3 is 4.98 Å². The van der Waals surface area contributed by atoms with E-state index in [1.54, 1.807) is 0 Å². The molecule has 2 heterocycles. The molecule has 0 spiro atoms. The highest BCUT2D eigenvalue weighted by Gasteiger charge is 2.16. The standard InChI is InChI=1S/C18H13N5O4/c24-17-15-16(20-14(19-15)9-11-5-2-1-3-6-11)22(18(25)21-17)12-7-4-8-13(10-12)23(26)27/h1-8,10H,9H2,(H,19,20)(H,21,24,25). The largest absolute Gasteiger partial charge is 0.336 e. The number of nitro benzene ring substituents is 1. The molecule has 134 valence electrons. The third-order valence-electron chi connectivity index (χ3n) is 4.11. The summed E-state index contributed by atoms with van der Waals surface area (Å²) in [4.78, 5) is 44.6. The number of non-ortho nitro benzene ring substituents is 1. The van der Waals surface area contributed by atoms with Crippen LogP contribution in [0.2, 0.25) is 0 Å². The third kappa shape index (κ3) is 3.01. The van der Waals surface area contributed by atoms with E-state index in [0.29, 0.717) is 12.2 Å². The van der Waals surface area contributed by atoms with Crippen molar-refractivity contribution in [2.75, 3.05) is 0 Å². The second-order valence-electron chi connectivity index (χ2n) is 5.92. The lowest BCUT2D eigenvalue weighted by Crippen LogP contribution is -2.29. The smallest absolute Gasteiger partial charge is 0.334 e. The zero-order valence-electron chi connectivity index (χ0n) is 13.9. The summed E-state index contributed by atoms with van der Waals surface area (Å²) in [6, 6.07) is 15.1. The first-order chi connectivity index (χ1) is 13.0. The van der Waals surface area contributed by atoms with Gasteiger partial charge in [0.05, 0.1) is 10.6 Å². The van der Waals surface area contributed by atoms with Gasteiger partial charge in [-0.15, -0.1) is 0 Å². The Labute approximate surface area is 151 Å². The van der Waals surface area contributed by atoms with Crippen LogP contribution in [-0.2, 0) is 6.42 Å². The number of nitrogens with zero attached hydrogens (tertiary/aromatic N) is 3. The first-order valence-electron chi connectivity index (χ1n) is 8.05. The first kappa shape index (κ1) is 16.5. The van der Waals surface area contributed by atoms with E-state index in [9.17, 15) is 19.7 Å². The van der Waals surface area contributed by atoms with Crippen LogP contribution in [0.15, 0.2) is 64.2 Å². The predicted octanol–water partition coefficient (Wildman–Crippen LogP) is 1.90. The van der Waals surface area contributed by atoms with Gasteiger partial charge in [0.2, 0.25) is 0 Å². The molecule has 9 heteroatoms. The maximum absolute atomic E-state index is 12.4. The molecular formula is C18H13N5O4. The van der Waals surface area contributed by atoms with E-state index >= 15 is 0 Å². The van der Waals surface area contributed by atoms with E-state index < -0.39 is 16.2 Å². The Bertz CT molecular complexity index is 1270. The number of rotatable bonds is 4.